The fourth-order valence-corrected chi connectivity index (χ4v) is 3.81. The molecule has 1 aromatic rings. The van der Waals surface area contributed by atoms with Crippen LogP contribution in [0.4, 0.5) is 10.6 Å². The van der Waals surface area contributed by atoms with E-state index in [9.17, 15) is 4.79 Å². The number of amides is 2. The third kappa shape index (κ3) is 5.81. The summed E-state index contributed by atoms with van der Waals surface area (Å²) < 4.78 is 5.43. The molecule has 7 heteroatoms. The Morgan fingerprint density at radius 3 is 2.78 bits per heavy atom. The molecule has 2 amide bonds. The molecule has 0 bridgehead atoms. The highest BCUT2D eigenvalue weighted by molar-refractivity contribution is 5.74. The molecule has 1 N–H and O–H groups in total. The van der Waals surface area contributed by atoms with Crippen molar-refractivity contribution in [1.29, 1.82) is 0 Å². The second kappa shape index (κ2) is 10.5. The summed E-state index contributed by atoms with van der Waals surface area (Å²) in [5, 5.41) is 3.08. The Bertz CT molecular complexity index is 585. The largest absolute Gasteiger partial charge is 0.378 e. The molecule has 2 aliphatic heterocycles. The van der Waals surface area contributed by atoms with Crippen LogP contribution >= 0.6 is 0 Å². The van der Waals surface area contributed by atoms with Gasteiger partial charge in [-0.05, 0) is 51.9 Å². The summed E-state index contributed by atoms with van der Waals surface area (Å²) in [7, 11) is 0. The number of carbonyl (C=O) groups is 1. The van der Waals surface area contributed by atoms with E-state index in [1.165, 1.54) is 25.9 Å². The predicted molar refractivity (Wildman–Crippen MR) is 107 cm³/mol. The number of rotatable bonds is 8. The molecule has 3 heterocycles. The Hall–Kier alpha value is -1.86. The summed E-state index contributed by atoms with van der Waals surface area (Å²) in [6, 6.07) is 3.98. The molecule has 2 fully saturated rings. The maximum absolute atomic E-state index is 12.6. The molecule has 0 aliphatic carbocycles. The average molecular weight is 376 g/mol. The Balaban J connectivity index is 1.48. The van der Waals surface area contributed by atoms with Gasteiger partial charge in [-0.25, -0.2) is 9.78 Å². The number of morpholine rings is 1. The number of hydrogen-bond donors (Lipinski definition) is 1. The first-order valence-electron chi connectivity index (χ1n) is 10.3. The van der Waals surface area contributed by atoms with E-state index in [1.54, 1.807) is 0 Å². The zero-order valence-electron chi connectivity index (χ0n) is 16.5. The molecule has 7 nitrogen and oxygen atoms in total. The fourth-order valence-electron chi connectivity index (χ4n) is 3.81. The van der Waals surface area contributed by atoms with E-state index in [0.717, 1.165) is 63.7 Å². The summed E-state index contributed by atoms with van der Waals surface area (Å²) in [6.07, 6.45) is 5.48. The van der Waals surface area contributed by atoms with Crippen LogP contribution in [0, 0.1) is 0 Å². The van der Waals surface area contributed by atoms with Crippen LogP contribution in [-0.4, -0.2) is 79.8 Å². The van der Waals surface area contributed by atoms with Gasteiger partial charge in [0, 0.05) is 44.5 Å². The summed E-state index contributed by atoms with van der Waals surface area (Å²) in [5.74, 6) is 0.957. The summed E-state index contributed by atoms with van der Waals surface area (Å²) >= 11 is 0. The molecular weight excluding hydrogens is 342 g/mol. The average Bonchev–Trinajstić information content (AvgIpc) is 3.24. The predicted octanol–water partition coefficient (Wildman–Crippen LogP) is 1.94. The van der Waals surface area contributed by atoms with Gasteiger partial charge in [-0.1, -0.05) is 6.07 Å². The Labute approximate surface area is 162 Å². The minimum atomic E-state index is 0.00991. The lowest BCUT2D eigenvalue weighted by Crippen LogP contribution is -2.41. The van der Waals surface area contributed by atoms with E-state index >= 15 is 0 Å². The van der Waals surface area contributed by atoms with Gasteiger partial charge in [0.1, 0.15) is 5.82 Å². The molecule has 0 atom stereocenters. The highest BCUT2D eigenvalue weighted by Crippen LogP contribution is 2.18. The summed E-state index contributed by atoms with van der Waals surface area (Å²) in [5.41, 5.74) is 1.06. The first-order valence-corrected chi connectivity index (χ1v) is 10.3. The molecule has 0 radical (unpaired) electrons. The molecule has 27 heavy (non-hydrogen) atoms. The van der Waals surface area contributed by atoms with Crippen LogP contribution in [0.1, 0.15) is 31.7 Å². The highest BCUT2D eigenvalue weighted by Gasteiger charge is 2.18. The van der Waals surface area contributed by atoms with E-state index in [0.29, 0.717) is 6.54 Å². The van der Waals surface area contributed by atoms with Crippen LogP contribution in [0.25, 0.3) is 0 Å². The first-order chi connectivity index (χ1) is 13.3. The summed E-state index contributed by atoms with van der Waals surface area (Å²) in [6.45, 7) is 10.7. The van der Waals surface area contributed by atoms with Crippen molar-refractivity contribution in [2.24, 2.45) is 0 Å². The molecule has 0 saturated carbocycles. The minimum absolute atomic E-state index is 0.00991. The van der Waals surface area contributed by atoms with E-state index in [4.69, 9.17) is 4.74 Å². The van der Waals surface area contributed by atoms with Gasteiger partial charge >= 0.3 is 6.03 Å². The van der Waals surface area contributed by atoms with Crippen molar-refractivity contribution in [3.8, 4) is 0 Å². The number of aromatic nitrogens is 1. The number of pyridine rings is 1. The lowest BCUT2D eigenvalue weighted by Gasteiger charge is -2.29. The van der Waals surface area contributed by atoms with Crippen molar-refractivity contribution >= 4 is 11.8 Å². The minimum Gasteiger partial charge on any atom is -0.378 e. The zero-order valence-corrected chi connectivity index (χ0v) is 16.5. The standard InChI is InChI=1S/C20H33N5O2/c1-2-24(12-6-11-23-9-3-4-10-23)20(26)22-17-18-7-5-8-21-19(18)25-13-15-27-16-14-25/h5,7-8H,2-4,6,9-17H2,1H3,(H,22,26). The zero-order chi connectivity index (χ0) is 18.9. The van der Waals surface area contributed by atoms with Crippen molar-refractivity contribution in [2.45, 2.75) is 32.7 Å². The number of nitrogens with one attached hydrogen (secondary N) is 1. The van der Waals surface area contributed by atoms with Crippen molar-refractivity contribution in [3.63, 3.8) is 0 Å². The second-order valence-corrected chi connectivity index (χ2v) is 7.23. The van der Waals surface area contributed by atoms with E-state index in [1.807, 2.05) is 30.2 Å². The topological polar surface area (TPSA) is 60.9 Å². The number of likely N-dealkylation sites (tertiary alicyclic amines) is 1. The number of anilines is 1. The van der Waals surface area contributed by atoms with Crippen LogP contribution in [0.2, 0.25) is 0 Å². The van der Waals surface area contributed by atoms with E-state index in [2.05, 4.69) is 20.1 Å². The third-order valence-electron chi connectivity index (χ3n) is 5.38. The van der Waals surface area contributed by atoms with Crippen LogP contribution in [-0.2, 0) is 11.3 Å². The molecule has 0 spiro atoms. The number of nitrogens with zero attached hydrogens (tertiary/aromatic N) is 4. The Morgan fingerprint density at radius 2 is 2.04 bits per heavy atom. The number of ether oxygens (including phenoxy) is 1. The highest BCUT2D eigenvalue weighted by atomic mass is 16.5. The van der Waals surface area contributed by atoms with Gasteiger partial charge in [-0.15, -0.1) is 0 Å². The van der Waals surface area contributed by atoms with Crippen LogP contribution in [0.3, 0.4) is 0 Å². The normalized spacial score (nSPS) is 17.9. The van der Waals surface area contributed by atoms with Gasteiger partial charge in [0.05, 0.1) is 13.2 Å². The van der Waals surface area contributed by atoms with Crippen molar-refractivity contribution in [1.82, 2.24) is 20.1 Å². The van der Waals surface area contributed by atoms with Gasteiger partial charge < -0.3 is 24.8 Å². The molecule has 0 unspecified atom stereocenters. The molecule has 0 aromatic carbocycles. The fraction of sp³-hybridized carbons (Fsp3) is 0.700. The first kappa shape index (κ1) is 19.9. The lowest BCUT2D eigenvalue weighted by molar-refractivity contribution is 0.122. The maximum atomic E-state index is 12.6. The van der Waals surface area contributed by atoms with E-state index < -0.39 is 0 Å². The molecule has 3 rings (SSSR count). The molecule has 2 saturated heterocycles. The molecular formula is C20H33N5O2. The van der Waals surface area contributed by atoms with Crippen molar-refractivity contribution < 1.29 is 9.53 Å². The lowest BCUT2D eigenvalue weighted by atomic mass is 10.2. The smallest absolute Gasteiger partial charge is 0.317 e. The number of urea groups is 1. The van der Waals surface area contributed by atoms with Gasteiger partial charge in [-0.2, -0.15) is 0 Å². The quantitative estimate of drug-likeness (QED) is 0.752. The monoisotopic (exact) mass is 375 g/mol. The van der Waals surface area contributed by atoms with Gasteiger partial charge in [0.15, 0.2) is 0 Å². The molecule has 150 valence electrons. The van der Waals surface area contributed by atoms with Gasteiger partial charge in [-0.3, -0.25) is 0 Å². The van der Waals surface area contributed by atoms with Crippen molar-refractivity contribution in [2.75, 3.05) is 63.9 Å². The third-order valence-corrected chi connectivity index (χ3v) is 5.38. The number of carbonyl (C=O) groups excluding carboxylic acids is 1. The summed E-state index contributed by atoms with van der Waals surface area (Å²) in [4.78, 5) is 23.8. The SMILES string of the molecule is CCN(CCCN1CCCC1)C(=O)NCc1cccnc1N1CCOCC1. The van der Waals surface area contributed by atoms with Gasteiger partial charge in [0.2, 0.25) is 0 Å². The molecule has 1 aromatic heterocycles. The molecule has 2 aliphatic rings. The van der Waals surface area contributed by atoms with Crippen LogP contribution in [0.15, 0.2) is 18.3 Å². The van der Waals surface area contributed by atoms with Crippen LogP contribution < -0.4 is 10.2 Å². The Kier molecular flexibility index (Phi) is 7.71. The number of hydrogen-bond acceptors (Lipinski definition) is 5. The van der Waals surface area contributed by atoms with E-state index in [-0.39, 0.29) is 6.03 Å². The van der Waals surface area contributed by atoms with Crippen molar-refractivity contribution in [3.05, 3.63) is 23.9 Å². The Morgan fingerprint density at radius 1 is 1.26 bits per heavy atom. The van der Waals surface area contributed by atoms with Gasteiger partial charge in [0.25, 0.3) is 0 Å². The maximum Gasteiger partial charge on any atom is 0.317 e. The van der Waals surface area contributed by atoms with Crippen LogP contribution in [0.5, 0.6) is 0 Å². The second-order valence-electron chi connectivity index (χ2n) is 7.23.